The second kappa shape index (κ2) is 5.29. The predicted molar refractivity (Wildman–Crippen MR) is 66.5 cm³/mol. The molecule has 0 aliphatic heterocycles. The van der Waals surface area contributed by atoms with Gasteiger partial charge in [0.2, 0.25) is 0 Å². The van der Waals surface area contributed by atoms with E-state index in [4.69, 9.17) is 4.98 Å². The molecular weight excluding hydrogens is 182 g/mol. The number of hydrogen-bond donors (Lipinski definition) is 0. The lowest BCUT2D eigenvalue weighted by molar-refractivity contribution is 0.791. The standard InChI is InChI=1S/C14H23N/c1-6-11-9-12(7-2)15-13(8-3)14(11)10(4)5/h9-10H,6-8H2,1-5H3. The van der Waals surface area contributed by atoms with Gasteiger partial charge in [-0.2, -0.15) is 0 Å². The third kappa shape index (κ3) is 2.58. The van der Waals surface area contributed by atoms with Gasteiger partial charge in [-0.25, -0.2) is 0 Å². The van der Waals surface area contributed by atoms with E-state index in [9.17, 15) is 0 Å². The van der Waals surface area contributed by atoms with Crippen molar-refractivity contribution in [3.05, 3.63) is 28.6 Å². The molecule has 0 fully saturated rings. The summed E-state index contributed by atoms with van der Waals surface area (Å²) in [6, 6.07) is 2.29. The fourth-order valence-electron chi connectivity index (χ4n) is 2.18. The fourth-order valence-corrected chi connectivity index (χ4v) is 2.18. The summed E-state index contributed by atoms with van der Waals surface area (Å²) in [5, 5.41) is 0. The molecule has 0 N–H and O–H groups in total. The molecule has 0 bridgehead atoms. The number of rotatable bonds is 4. The highest BCUT2D eigenvalue weighted by atomic mass is 14.7. The number of pyridine rings is 1. The van der Waals surface area contributed by atoms with Gasteiger partial charge in [-0.15, -0.1) is 0 Å². The van der Waals surface area contributed by atoms with E-state index >= 15 is 0 Å². The zero-order valence-electron chi connectivity index (χ0n) is 10.7. The minimum atomic E-state index is 0.591. The Morgan fingerprint density at radius 3 is 2.13 bits per heavy atom. The van der Waals surface area contributed by atoms with Gasteiger partial charge in [0.05, 0.1) is 0 Å². The number of aryl methyl sites for hydroxylation is 3. The highest BCUT2D eigenvalue weighted by molar-refractivity contribution is 5.35. The highest BCUT2D eigenvalue weighted by Crippen LogP contribution is 2.24. The molecule has 0 unspecified atom stereocenters. The monoisotopic (exact) mass is 205 g/mol. The van der Waals surface area contributed by atoms with Gasteiger partial charge in [0.15, 0.2) is 0 Å². The minimum absolute atomic E-state index is 0.591. The Hall–Kier alpha value is -0.850. The molecule has 0 aromatic carbocycles. The molecule has 1 heterocycles. The van der Waals surface area contributed by atoms with Gasteiger partial charge in [0, 0.05) is 11.4 Å². The van der Waals surface area contributed by atoms with Gasteiger partial charge in [0.1, 0.15) is 0 Å². The molecule has 1 heteroatoms. The first-order valence-corrected chi connectivity index (χ1v) is 6.15. The molecule has 15 heavy (non-hydrogen) atoms. The van der Waals surface area contributed by atoms with Crippen molar-refractivity contribution in [2.45, 2.75) is 59.8 Å². The maximum Gasteiger partial charge on any atom is 0.0441 e. The van der Waals surface area contributed by atoms with Crippen molar-refractivity contribution in [2.24, 2.45) is 0 Å². The van der Waals surface area contributed by atoms with Gasteiger partial charge in [-0.05, 0) is 42.4 Å². The molecule has 84 valence electrons. The first-order valence-electron chi connectivity index (χ1n) is 6.15. The van der Waals surface area contributed by atoms with Gasteiger partial charge in [-0.3, -0.25) is 4.98 Å². The second-order valence-electron chi connectivity index (χ2n) is 4.35. The summed E-state index contributed by atoms with van der Waals surface area (Å²) in [5.41, 5.74) is 5.53. The van der Waals surface area contributed by atoms with Crippen molar-refractivity contribution in [1.29, 1.82) is 0 Å². The smallest absolute Gasteiger partial charge is 0.0441 e. The van der Waals surface area contributed by atoms with Crippen molar-refractivity contribution in [1.82, 2.24) is 4.98 Å². The van der Waals surface area contributed by atoms with Crippen LogP contribution in [0.2, 0.25) is 0 Å². The van der Waals surface area contributed by atoms with E-state index in [1.54, 1.807) is 0 Å². The highest BCUT2D eigenvalue weighted by Gasteiger charge is 2.12. The summed E-state index contributed by atoms with van der Waals surface area (Å²) in [6.07, 6.45) is 3.21. The van der Waals surface area contributed by atoms with Crippen molar-refractivity contribution >= 4 is 0 Å². The average molecular weight is 205 g/mol. The van der Waals surface area contributed by atoms with Crippen LogP contribution in [0.15, 0.2) is 6.07 Å². The van der Waals surface area contributed by atoms with Gasteiger partial charge < -0.3 is 0 Å². The Morgan fingerprint density at radius 2 is 1.73 bits per heavy atom. The molecule has 0 amide bonds. The van der Waals surface area contributed by atoms with Crippen LogP contribution < -0.4 is 0 Å². The molecule has 0 spiro atoms. The molecule has 1 rings (SSSR count). The van der Waals surface area contributed by atoms with Crippen LogP contribution in [0.5, 0.6) is 0 Å². The van der Waals surface area contributed by atoms with Crippen molar-refractivity contribution in [3.63, 3.8) is 0 Å². The number of aromatic nitrogens is 1. The second-order valence-corrected chi connectivity index (χ2v) is 4.35. The zero-order valence-corrected chi connectivity index (χ0v) is 10.7. The Morgan fingerprint density at radius 1 is 1.07 bits per heavy atom. The summed E-state index contributed by atoms with van der Waals surface area (Å²) in [6.45, 7) is 11.1. The Labute approximate surface area is 93.9 Å². The van der Waals surface area contributed by atoms with Crippen molar-refractivity contribution in [3.8, 4) is 0 Å². The SMILES string of the molecule is CCc1cc(CC)c(C(C)C)c(CC)n1. The maximum atomic E-state index is 4.74. The number of nitrogens with zero attached hydrogens (tertiary/aromatic N) is 1. The molecule has 0 aliphatic rings. The van der Waals surface area contributed by atoms with Crippen molar-refractivity contribution in [2.75, 3.05) is 0 Å². The van der Waals surface area contributed by atoms with Crippen LogP contribution >= 0.6 is 0 Å². The van der Waals surface area contributed by atoms with E-state index in [2.05, 4.69) is 40.7 Å². The topological polar surface area (TPSA) is 12.9 Å². The lowest BCUT2D eigenvalue weighted by Crippen LogP contribution is -2.06. The number of hydrogen-bond acceptors (Lipinski definition) is 1. The van der Waals surface area contributed by atoms with Gasteiger partial charge >= 0.3 is 0 Å². The molecule has 1 nitrogen and oxygen atoms in total. The quantitative estimate of drug-likeness (QED) is 0.726. The lowest BCUT2D eigenvalue weighted by Gasteiger charge is -2.17. The third-order valence-electron chi connectivity index (χ3n) is 2.93. The van der Waals surface area contributed by atoms with Gasteiger partial charge in [-0.1, -0.05) is 34.6 Å². The molecule has 0 atom stereocenters. The average Bonchev–Trinajstić information content (AvgIpc) is 2.26. The molecule has 0 aliphatic carbocycles. The first kappa shape index (κ1) is 12.2. The van der Waals surface area contributed by atoms with Crippen LogP contribution in [-0.2, 0) is 19.3 Å². The summed E-state index contributed by atoms with van der Waals surface area (Å²) in [4.78, 5) is 4.74. The minimum Gasteiger partial charge on any atom is -0.258 e. The van der Waals surface area contributed by atoms with Crippen LogP contribution in [0.4, 0.5) is 0 Å². The van der Waals surface area contributed by atoms with Gasteiger partial charge in [0.25, 0.3) is 0 Å². The molecular formula is C14H23N. The lowest BCUT2D eigenvalue weighted by atomic mass is 9.92. The molecule has 0 saturated carbocycles. The van der Waals surface area contributed by atoms with E-state index in [-0.39, 0.29) is 0 Å². The molecule has 0 radical (unpaired) electrons. The Kier molecular flexibility index (Phi) is 4.31. The van der Waals surface area contributed by atoms with Crippen LogP contribution in [0, 0.1) is 0 Å². The molecule has 1 aromatic heterocycles. The predicted octanol–water partition coefficient (Wildman–Crippen LogP) is 3.89. The Bertz CT molecular complexity index is 301. The summed E-state index contributed by atoms with van der Waals surface area (Å²) in [7, 11) is 0. The zero-order chi connectivity index (χ0) is 11.4. The summed E-state index contributed by atoms with van der Waals surface area (Å²) < 4.78 is 0. The molecule has 1 aromatic rings. The van der Waals surface area contributed by atoms with E-state index in [1.807, 2.05) is 0 Å². The molecule has 0 saturated heterocycles. The van der Waals surface area contributed by atoms with E-state index < -0.39 is 0 Å². The van der Waals surface area contributed by atoms with Crippen LogP contribution in [0.1, 0.15) is 63.1 Å². The van der Waals surface area contributed by atoms with E-state index in [1.165, 1.54) is 22.5 Å². The maximum absolute atomic E-state index is 4.74. The fraction of sp³-hybridized carbons (Fsp3) is 0.643. The van der Waals surface area contributed by atoms with E-state index in [0.717, 1.165) is 19.3 Å². The van der Waals surface area contributed by atoms with Crippen LogP contribution in [0.25, 0.3) is 0 Å². The van der Waals surface area contributed by atoms with E-state index in [0.29, 0.717) is 5.92 Å². The third-order valence-corrected chi connectivity index (χ3v) is 2.93. The first-order chi connectivity index (χ1) is 7.13. The van der Waals surface area contributed by atoms with Crippen LogP contribution in [-0.4, -0.2) is 4.98 Å². The normalized spacial score (nSPS) is 11.1. The van der Waals surface area contributed by atoms with Crippen LogP contribution in [0.3, 0.4) is 0 Å². The summed E-state index contributed by atoms with van der Waals surface area (Å²) >= 11 is 0. The van der Waals surface area contributed by atoms with Crippen molar-refractivity contribution < 1.29 is 0 Å². The Balaban J connectivity index is 3.32. The summed E-state index contributed by atoms with van der Waals surface area (Å²) in [5.74, 6) is 0.591. The largest absolute Gasteiger partial charge is 0.258 e.